The van der Waals surface area contributed by atoms with Crippen molar-refractivity contribution in [3.8, 4) is 0 Å². The van der Waals surface area contributed by atoms with Crippen LogP contribution in [0.15, 0.2) is 48.5 Å². The molecule has 0 spiro atoms. The molecule has 2 heterocycles. The number of nitrogens with zero attached hydrogens (tertiary/aromatic N) is 4. The molecule has 0 radical (unpaired) electrons. The summed E-state index contributed by atoms with van der Waals surface area (Å²) < 4.78 is 6.31. The summed E-state index contributed by atoms with van der Waals surface area (Å²) in [4.78, 5) is 32.3. The lowest BCUT2D eigenvalue weighted by atomic mass is 10.2. The van der Waals surface area contributed by atoms with E-state index < -0.39 is 4.92 Å². The molecular formula is C23H23ClN4O4S. The predicted molar refractivity (Wildman–Crippen MR) is 131 cm³/mol. The average Bonchev–Trinajstić information content (AvgIpc) is 3.26. The number of aromatic nitrogens is 1. The number of non-ortho nitro benzene ring substituents is 1. The Balaban J connectivity index is 1.54. The van der Waals surface area contributed by atoms with Gasteiger partial charge in [0.05, 0.1) is 27.9 Å². The molecule has 0 unspecified atom stereocenters. The minimum absolute atomic E-state index is 0.0206. The summed E-state index contributed by atoms with van der Waals surface area (Å²) in [5.74, 6) is -0.237. The quantitative estimate of drug-likeness (QED) is 0.262. The Hall–Kier alpha value is -2.85. The number of halogens is 1. The Morgan fingerprint density at radius 1 is 1.27 bits per heavy atom. The van der Waals surface area contributed by atoms with Crippen molar-refractivity contribution >= 4 is 56.0 Å². The van der Waals surface area contributed by atoms with Crippen molar-refractivity contribution in [1.82, 2.24) is 9.88 Å². The number of thiazole rings is 1. The van der Waals surface area contributed by atoms with Gasteiger partial charge in [0.25, 0.3) is 11.6 Å². The van der Waals surface area contributed by atoms with E-state index in [0.29, 0.717) is 27.8 Å². The van der Waals surface area contributed by atoms with Gasteiger partial charge in [-0.2, -0.15) is 0 Å². The molecule has 0 atom stereocenters. The van der Waals surface area contributed by atoms with Crippen LogP contribution in [0.1, 0.15) is 12.0 Å². The maximum Gasteiger partial charge on any atom is 0.270 e. The van der Waals surface area contributed by atoms with Gasteiger partial charge in [-0.3, -0.25) is 24.7 Å². The summed E-state index contributed by atoms with van der Waals surface area (Å²) in [5, 5.41) is 12.1. The van der Waals surface area contributed by atoms with E-state index in [9.17, 15) is 14.9 Å². The van der Waals surface area contributed by atoms with Gasteiger partial charge in [-0.05, 0) is 30.2 Å². The summed E-state index contributed by atoms with van der Waals surface area (Å²) in [6, 6.07) is 11.7. The van der Waals surface area contributed by atoms with Crippen LogP contribution >= 0.6 is 22.9 Å². The number of hydrogen-bond donors (Lipinski definition) is 0. The molecule has 10 heteroatoms. The lowest BCUT2D eigenvalue weighted by Gasteiger charge is -2.27. The average molecular weight is 487 g/mol. The zero-order chi connectivity index (χ0) is 23.2. The highest BCUT2D eigenvalue weighted by molar-refractivity contribution is 7.22. The van der Waals surface area contributed by atoms with Crippen LogP contribution < -0.4 is 4.90 Å². The maximum absolute atomic E-state index is 13.2. The highest BCUT2D eigenvalue weighted by Gasteiger charge is 2.20. The predicted octanol–water partition coefficient (Wildman–Crippen LogP) is 4.63. The maximum atomic E-state index is 13.2. The minimum Gasteiger partial charge on any atom is -0.379 e. The highest BCUT2D eigenvalue weighted by Crippen LogP contribution is 2.33. The normalized spacial score (nSPS) is 14.7. The largest absolute Gasteiger partial charge is 0.379 e. The van der Waals surface area contributed by atoms with Crippen LogP contribution in [0, 0.1) is 10.1 Å². The van der Waals surface area contributed by atoms with E-state index in [-0.39, 0.29) is 11.6 Å². The van der Waals surface area contributed by atoms with Crippen LogP contribution in [0.2, 0.25) is 5.02 Å². The number of amides is 1. The molecule has 1 aromatic heterocycles. The Labute approximate surface area is 200 Å². The fraction of sp³-hybridized carbons (Fsp3) is 0.304. The smallest absolute Gasteiger partial charge is 0.270 e. The summed E-state index contributed by atoms with van der Waals surface area (Å²) in [6.07, 6.45) is 3.80. The van der Waals surface area contributed by atoms with Crippen LogP contribution in [0.4, 0.5) is 10.8 Å². The number of rotatable bonds is 8. The van der Waals surface area contributed by atoms with E-state index in [4.69, 9.17) is 16.3 Å². The van der Waals surface area contributed by atoms with Gasteiger partial charge >= 0.3 is 0 Å². The Kier molecular flexibility index (Phi) is 7.66. The summed E-state index contributed by atoms with van der Waals surface area (Å²) in [7, 11) is 0. The van der Waals surface area contributed by atoms with Crippen molar-refractivity contribution in [2.45, 2.75) is 6.42 Å². The van der Waals surface area contributed by atoms with Crippen molar-refractivity contribution in [2.24, 2.45) is 0 Å². The molecule has 0 bridgehead atoms. The van der Waals surface area contributed by atoms with Crippen LogP contribution in [-0.2, 0) is 9.53 Å². The first-order chi connectivity index (χ1) is 16.0. The molecule has 1 fully saturated rings. The van der Waals surface area contributed by atoms with Gasteiger partial charge in [0.2, 0.25) is 0 Å². The minimum atomic E-state index is -0.456. The Morgan fingerprint density at radius 2 is 2.06 bits per heavy atom. The molecule has 172 valence electrons. The van der Waals surface area contributed by atoms with Crippen molar-refractivity contribution in [3.63, 3.8) is 0 Å². The molecule has 1 amide bonds. The van der Waals surface area contributed by atoms with Crippen molar-refractivity contribution < 1.29 is 14.5 Å². The number of carbonyl (C=O) groups is 1. The number of nitro benzene ring substituents is 1. The molecule has 0 saturated carbocycles. The van der Waals surface area contributed by atoms with E-state index in [1.165, 1.54) is 29.5 Å². The molecule has 1 aliphatic rings. The fourth-order valence-corrected chi connectivity index (χ4v) is 4.89. The van der Waals surface area contributed by atoms with Crippen molar-refractivity contribution in [1.29, 1.82) is 0 Å². The van der Waals surface area contributed by atoms with Gasteiger partial charge < -0.3 is 4.74 Å². The second kappa shape index (κ2) is 10.8. The molecule has 1 aliphatic heterocycles. The van der Waals surface area contributed by atoms with Crippen molar-refractivity contribution in [3.05, 3.63) is 69.2 Å². The number of morpholine rings is 1. The van der Waals surface area contributed by atoms with Crippen LogP contribution in [0.5, 0.6) is 0 Å². The first-order valence-electron chi connectivity index (χ1n) is 10.6. The molecule has 2 aromatic carbocycles. The van der Waals surface area contributed by atoms with E-state index in [1.54, 1.807) is 29.2 Å². The molecule has 1 saturated heterocycles. The third kappa shape index (κ3) is 5.94. The number of nitro groups is 1. The van der Waals surface area contributed by atoms with E-state index in [1.807, 2.05) is 12.1 Å². The number of para-hydroxylation sites is 1. The molecular weight excluding hydrogens is 464 g/mol. The van der Waals surface area contributed by atoms with Gasteiger partial charge in [0.15, 0.2) is 5.13 Å². The van der Waals surface area contributed by atoms with E-state index in [2.05, 4.69) is 9.88 Å². The first kappa shape index (κ1) is 23.3. The Bertz CT molecular complexity index is 1180. The zero-order valence-corrected chi connectivity index (χ0v) is 19.4. The van der Waals surface area contributed by atoms with Gasteiger partial charge in [0, 0.05) is 44.4 Å². The number of anilines is 1. The lowest BCUT2D eigenvalue weighted by Crippen LogP contribution is -2.39. The zero-order valence-electron chi connectivity index (χ0n) is 17.9. The van der Waals surface area contributed by atoms with Crippen LogP contribution in [0.3, 0.4) is 0 Å². The summed E-state index contributed by atoms with van der Waals surface area (Å²) in [5.41, 5.74) is 1.23. The van der Waals surface area contributed by atoms with Gasteiger partial charge in [-0.25, -0.2) is 4.98 Å². The number of hydrogen-bond acceptors (Lipinski definition) is 7. The van der Waals surface area contributed by atoms with Gasteiger partial charge in [-0.1, -0.05) is 41.1 Å². The van der Waals surface area contributed by atoms with Gasteiger partial charge in [-0.15, -0.1) is 0 Å². The number of fused-ring (bicyclic) bond motifs is 1. The van der Waals surface area contributed by atoms with Crippen LogP contribution in [-0.4, -0.2) is 60.1 Å². The third-order valence-electron chi connectivity index (χ3n) is 5.31. The molecule has 0 N–H and O–H groups in total. The monoisotopic (exact) mass is 486 g/mol. The SMILES string of the molecule is O=C(/C=C/c1cccc([N+](=O)[O-])c1)N(CCCN1CCOCC1)c1nc2c(Cl)cccc2s1. The highest BCUT2D eigenvalue weighted by atomic mass is 35.5. The summed E-state index contributed by atoms with van der Waals surface area (Å²) in [6.45, 7) is 4.57. The van der Waals surface area contributed by atoms with Gasteiger partial charge in [0.1, 0.15) is 5.52 Å². The van der Waals surface area contributed by atoms with Crippen LogP contribution in [0.25, 0.3) is 16.3 Å². The van der Waals surface area contributed by atoms with E-state index >= 15 is 0 Å². The summed E-state index contributed by atoms with van der Waals surface area (Å²) >= 11 is 7.71. The topological polar surface area (TPSA) is 88.8 Å². The van der Waals surface area contributed by atoms with E-state index in [0.717, 1.165) is 44.0 Å². The fourth-order valence-electron chi connectivity index (χ4n) is 3.60. The number of ether oxygens (including phenoxy) is 1. The molecule has 0 aliphatic carbocycles. The molecule has 33 heavy (non-hydrogen) atoms. The molecule has 4 rings (SSSR count). The Morgan fingerprint density at radius 3 is 2.82 bits per heavy atom. The standard InChI is InChI=1S/C23H23ClN4O4S/c24-19-6-2-7-20-22(19)25-23(33-20)27(11-3-10-26-12-14-32-15-13-26)21(29)9-8-17-4-1-5-18(16-17)28(30)31/h1-2,4-9,16H,3,10-15H2/b9-8+. The lowest BCUT2D eigenvalue weighted by molar-refractivity contribution is -0.384. The number of carbonyl (C=O) groups excluding carboxylic acids is 1. The second-order valence-corrected chi connectivity index (χ2v) is 8.98. The van der Waals surface area contributed by atoms with Crippen molar-refractivity contribution in [2.75, 3.05) is 44.3 Å². The molecule has 8 nitrogen and oxygen atoms in total. The third-order valence-corrected chi connectivity index (χ3v) is 6.66. The second-order valence-electron chi connectivity index (χ2n) is 7.57. The first-order valence-corrected chi connectivity index (χ1v) is 11.8. The number of benzene rings is 2. The molecule has 3 aromatic rings.